The van der Waals surface area contributed by atoms with Gasteiger partial charge in [0, 0.05) is 6.42 Å². The van der Waals surface area contributed by atoms with Gasteiger partial charge < -0.3 is 9.84 Å². The third kappa shape index (κ3) is 4.72. The summed E-state index contributed by atoms with van der Waals surface area (Å²) in [6.45, 7) is 5.26. The Morgan fingerprint density at radius 1 is 1.67 bits per heavy atom. The predicted molar refractivity (Wildman–Crippen MR) is 50.0 cm³/mol. The lowest BCUT2D eigenvalue weighted by Gasteiger charge is -2.18. The van der Waals surface area contributed by atoms with Crippen LogP contribution in [0, 0.1) is 0 Å². The second-order valence-electron chi connectivity index (χ2n) is 3.12. The summed E-state index contributed by atoms with van der Waals surface area (Å²) in [5, 5.41) is 9.12. The summed E-state index contributed by atoms with van der Waals surface area (Å²) < 4.78 is 4.00. The van der Waals surface area contributed by atoms with Gasteiger partial charge in [0.1, 0.15) is 4.32 Å². The number of halogens is 1. The molecule has 0 aliphatic carbocycles. The number of carbonyl (C=O) groups excluding carboxylic acids is 1. The average Bonchev–Trinajstić information content (AvgIpc) is 1.85. The predicted octanol–water partition coefficient (Wildman–Crippen LogP) is 1.82. The van der Waals surface area contributed by atoms with E-state index in [2.05, 4.69) is 15.9 Å². The van der Waals surface area contributed by atoms with Crippen LogP contribution >= 0.6 is 15.9 Å². The molecule has 72 valence electrons. The third-order valence-electron chi connectivity index (χ3n) is 1.26. The van der Waals surface area contributed by atoms with Crippen LogP contribution in [0.3, 0.4) is 0 Å². The van der Waals surface area contributed by atoms with Crippen molar-refractivity contribution in [2.45, 2.75) is 44.2 Å². The van der Waals surface area contributed by atoms with E-state index in [1.165, 1.54) is 0 Å². The van der Waals surface area contributed by atoms with Gasteiger partial charge in [-0.15, -0.1) is 0 Å². The van der Waals surface area contributed by atoms with Crippen LogP contribution in [0.2, 0.25) is 0 Å². The second kappa shape index (κ2) is 4.82. The molecule has 0 spiro atoms. The van der Waals surface area contributed by atoms with Gasteiger partial charge in [0.15, 0.2) is 0 Å². The van der Waals surface area contributed by atoms with Gasteiger partial charge in [-0.25, -0.2) is 0 Å². The summed E-state index contributed by atoms with van der Waals surface area (Å²) in [5.74, 6) is -0.441. The van der Waals surface area contributed by atoms with Gasteiger partial charge in [0.05, 0.1) is 0 Å². The molecule has 4 heteroatoms. The minimum atomic E-state index is -0.973. The fourth-order valence-electron chi connectivity index (χ4n) is 0.570. The van der Waals surface area contributed by atoms with Crippen molar-refractivity contribution in [3.63, 3.8) is 0 Å². The number of aliphatic hydroxyl groups excluding tert-OH is 1. The molecule has 0 radical (unpaired) electrons. The average molecular weight is 239 g/mol. The van der Waals surface area contributed by atoms with Gasteiger partial charge in [-0.05, 0) is 13.8 Å². The molecule has 0 saturated carbocycles. The van der Waals surface area contributed by atoms with E-state index in [0.717, 1.165) is 6.42 Å². The first-order valence-electron chi connectivity index (χ1n) is 3.96. The number of hydrogen-bond acceptors (Lipinski definition) is 3. The fraction of sp³-hybridized carbons (Fsp3) is 0.875. The maximum atomic E-state index is 11.1. The molecule has 0 amide bonds. The Kier molecular flexibility index (Phi) is 4.78. The van der Waals surface area contributed by atoms with E-state index in [0.29, 0.717) is 6.42 Å². The molecule has 0 saturated heterocycles. The van der Waals surface area contributed by atoms with Crippen molar-refractivity contribution in [2.75, 3.05) is 0 Å². The summed E-state index contributed by atoms with van der Waals surface area (Å²) in [4.78, 5) is 11.1. The number of ether oxygens (including phenoxy) is 1. The first-order valence-corrected chi connectivity index (χ1v) is 4.75. The molecule has 0 rings (SSSR count). The van der Waals surface area contributed by atoms with E-state index in [1.807, 2.05) is 6.92 Å². The van der Waals surface area contributed by atoms with Crippen LogP contribution in [0.4, 0.5) is 0 Å². The summed E-state index contributed by atoms with van der Waals surface area (Å²) in [5.41, 5.74) is 0. The van der Waals surface area contributed by atoms with Crippen LogP contribution in [-0.4, -0.2) is 21.7 Å². The van der Waals surface area contributed by atoms with Crippen LogP contribution in [0.1, 0.15) is 33.6 Å². The van der Waals surface area contributed by atoms with E-state index >= 15 is 0 Å². The zero-order chi connectivity index (χ0) is 9.78. The standard InChI is InChI=1S/C8H15BrO3/c1-4-5-6(10)12-7(11)8(2,3)9/h6,10H,4-5H2,1-3H3. The SMILES string of the molecule is CCCC(O)OC(=O)C(C)(C)Br. The molecule has 0 aromatic rings. The molecule has 1 unspecified atom stereocenters. The van der Waals surface area contributed by atoms with Gasteiger partial charge >= 0.3 is 5.97 Å². The molecule has 0 fully saturated rings. The quantitative estimate of drug-likeness (QED) is 0.462. The summed E-state index contributed by atoms with van der Waals surface area (Å²) in [6, 6.07) is 0. The van der Waals surface area contributed by atoms with E-state index in [1.54, 1.807) is 13.8 Å². The van der Waals surface area contributed by atoms with Crippen LogP contribution in [-0.2, 0) is 9.53 Å². The first kappa shape index (κ1) is 11.9. The van der Waals surface area contributed by atoms with Crippen molar-refractivity contribution < 1.29 is 14.6 Å². The minimum absolute atomic E-state index is 0.441. The number of rotatable bonds is 4. The number of esters is 1. The minimum Gasteiger partial charge on any atom is -0.435 e. The number of carbonyl (C=O) groups is 1. The Morgan fingerprint density at radius 2 is 2.17 bits per heavy atom. The fourth-order valence-corrected chi connectivity index (χ4v) is 0.663. The van der Waals surface area contributed by atoms with Gasteiger partial charge in [-0.3, -0.25) is 4.79 Å². The molecule has 1 atom stereocenters. The van der Waals surface area contributed by atoms with Crippen LogP contribution in [0.5, 0.6) is 0 Å². The molecule has 0 aliphatic heterocycles. The number of alkyl halides is 1. The second-order valence-corrected chi connectivity index (χ2v) is 5.10. The zero-order valence-electron chi connectivity index (χ0n) is 7.63. The van der Waals surface area contributed by atoms with Crippen molar-refractivity contribution in [1.29, 1.82) is 0 Å². The van der Waals surface area contributed by atoms with E-state index in [9.17, 15) is 4.79 Å². The van der Waals surface area contributed by atoms with Crippen molar-refractivity contribution >= 4 is 21.9 Å². The third-order valence-corrected chi connectivity index (χ3v) is 1.59. The largest absolute Gasteiger partial charge is 0.435 e. The van der Waals surface area contributed by atoms with E-state index < -0.39 is 16.6 Å². The maximum absolute atomic E-state index is 11.1. The molecule has 0 bridgehead atoms. The lowest BCUT2D eigenvalue weighted by molar-refractivity contribution is -0.170. The van der Waals surface area contributed by atoms with E-state index in [-0.39, 0.29) is 0 Å². The number of hydrogen-bond donors (Lipinski definition) is 1. The van der Waals surface area contributed by atoms with Gasteiger partial charge in [-0.1, -0.05) is 29.3 Å². The Hall–Kier alpha value is -0.0900. The van der Waals surface area contributed by atoms with Crippen molar-refractivity contribution in [1.82, 2.24) is 0 Å². The molecular weight excluding hydrogens is 224 g/mol. The van der Waals surface area contributed by atoms with Crippen molar-refractivity contribution in [3.8, 4) is 0 Å². The zero-order valence-corrected chi connectivity index (χ0v) is 9.22. The van der Waals surface area contributed by atoms with Gasteiger partial charge in [0.2, 0.25) is 6.29 Å². The molecule has 0 aromatic carbocycles. The highest BCUT2D eigenvalue weighted by Gasteiger charge is 2.27. The first-order chi connectivity index (χ1) is 5.38. The lowest BCUT2D eigenvalue weighted by atomic mass is 10.2. The highest BCUT2D eigenvalue weighted by atomic mass is 79.9. The molecule has 0 heterocycles. The summed E-state index contributed by atoms with van der Waals surface area (Å²) in [7, 11) is 0. The van der Waals surface area contributed by atoms with Crippen LogP contribution in [0.15, 0.2) is 0 Å². The molecule has 12 heavy (non-hydrogen) atoms. The van der Waals surface area contributed by atoms with Gasteiger partial charge in [0.25, 0.3) is 0 Å². The molecule has 1 N–H and O–H groups in total. The summed E-state index contributed by atoms with van der Waals surface area (Å²) >= 11 is 3.14. The Morgan fingerprint density at radius 3 is 2.50 bits per heavy atom. The smallest absolute Gasteiger partial charge is 0.324 e. The molecular formula is C8H15BrO3. The Balaban J connectivity index is 3.85. The Bertz CT molecular complexity index is 151. The normalized spacial score (nSPS) is 14.1. The molecule has 0 aromatic heterocycles. The summed E-state index contributed by atoms with van der Waals surface area (Å²) in [6.07, 6.45) is 0.297. The number of aliphatic hydroxyl groups is 1. The Labute approximate surface area is 81.2 Å². The van der Waals surface area contributed by atoms with Crippen LogP contribution < -0.4 is 0 Å². The van der Waals surface area contributed by atoms with E-state index in [4.69, 9.17) is 9.84 Å². The molecule has 0 aliphatic rings. The topological polar surface area (TPSA) is 46.5 Å². The van der Waals surface area contributed by atoms with Gasteiger partial charge in [-0.2, -0.15) is 0 Å². The highest BCUT2D eigenvalue weighted by molar-refractivity contribution is 9.10. The van der Waals surface area contributed by atoms with Crippen molar-refractivity contribution in [3.05, 3.63) is 0 Å². The molecule has 3 nitrogen and oxygen atoms in total. The lowest BCUT2D eigenvalue weighted by Crippen LogP contribution is -2.30. The maximum Gasteiger partial charge on any atom is 0.324 e. The highest BCUT2D eigenvalue weighted by Crippen LogP contribution is 2.18. The monoisotopic (exact) mass is 238 g/mol. The van der Waals surface area contributed by atoms with Crippen LogP contribution in [0.25, 0.3) is 0 Å². The van der Waals surface area contributed by atoms with Crippen molar-refractivity contribution in [2.24, 2.45) is 0 Å².